The van der Waals surface area contributed by atoms with Gasteiger partial charge >= 0.3 is 0 Å². The number of amides is 1. The van der Waals surface area contributed by atoms with Crippen LogP contribution in [0, 0.1) is 5.92 Å². The van der Waals surface area contributed by atoms with E-state index < -0.39 is 0 Å². The molecule has 0 unspecified atom stereocenters. The van der Waals surface area contributed by atoms with Gasteiger partial charge in [0.1, 0.15) is 0 Å². The van der Waals surface area contributed by atoms with Crippen LogP contribution in [0.25, 0.3) is 0 Å². The Bertz CT molecular complexity index is 505. The molecule has 2 aliphatic heterocycles. The summed E-state index contributed by atoms with van der Waals surface area (Å²) in [5, 5.41) is 0. The summed E-state index contributed by atoms with van der Waals surface area (Å²) in [6.07, 6.45) is 4.44. The highest BCUT2D eigenvalue weighted by Gasteiger charge is 2.40. The van der Waals surface area contributed by atoms with Crippen LogP contribution in [0.15, 0.2) is 29.2 Å². The van der Waals surface area contributed by atoms with E-state index in [1.165, 1.54) is 19.4 Å². The zero-order valence-electron chi connectivity index (χ0n) is 12.2. The molecule has 3 nitrogen and oxygen atoms in total. The predicted octanol–water partition coefficient (Wildman–Crippen LogP) is 2.57. The second kappa shape index (κ2) is 5.78. The first-order valence-corrected chi connectivity index (χ1v) is 8.55. The van der Waals surface area contributed by atoms with Crippen LogP contribution in [0.1, 0.15) is 23.2 Å². The first kappa shape index (κ1) is 14.0. The van der Waals surface area contributed by atoms with Crippen molar-refractivity contribution in [3.63, 3.8) is 0 Å². The van der Waals surface area contributed by atoms with E-state index in [4.69, 9.17) is 0 Å². The summed E-state index contributed by atoms with van der Waals surface area (Å²) in [4.78, 5) is 18.4. The van der Waals surface area contributed by atoms with Gasteiger partial charge in [0.05, 0.1) is 5.56 Å². The fourth-order valence-corrected chi connectivity index (χ4v) is 4.12. The topological polar surface area (TPSA) is 23.6 Å². The molecule has 0 saturated carbocycles. The summed E-state index contributed by atoms with van der Waals surface area (Å²) < 4.78 is 0. The van der Waals surface area contributed by atoms with E-state index >= 15 is 0 Å². The molecule has 20 heavy (non-hydrogen) atoms. The third kappa shape index (κ3) is 2.47. The minimum atomic E-state index is 0.220. The highest BCUT2D eigenvalue weighted by Crippen LogP contribution is 2.33. The molecule has 4 heteroatoms. The molecular formula is C16H22N2OS. The van der Waals surface area contributed by atoms with Crippen LogP contribution in [0.3, 0.4) is 0 Å². The number of likely N-dealkylation sites (N-methyl/N-ethyl adjacent to an activating group) is 1. The number of carbonyl (C=O) groups excluding carboxylic acids is 1. The quantitative estimate of drug-likeness (QED) is 0.782. The number of benzene rings is 1. The van der Waals surface area contributed by atoms with Gasteiger partial charge in [-0.1, -0.05) is 12.1 Å². The normalized spacial score (nSPS) is 26.6. The second-order valence-corrected chi connectivity index (χ2v) is 6.71. The molecular weight excluding hydrogens is 268 g/mol. The van der Waals surface area contributed by atoms with Crippen molar-refractivity contribution < 1.29 is 4.79 Å². The van der Waals surface area contributed by atoms with Gasteiger partial charge in [-0.25, -0.2) is 0 Å². The zero-order valence-corrected chi connectivity index (χ0v) is 13.0. The van der Waals surface area contributed by atoms with E-state index in [1.807, 2.05) is 30.5 Å². The summed E-state index contributed by atoms with van der Waals surface area (Å²) in [5.41, 5.74) is 0.869. The van der Waals surface area contributed by atoms with Gasteiger partial charge in [0, 0.05) is 24.0 Å². The molecule has 2 heterocycles. The van der Waals surface area contributed by atoms with E-state index in [2.05, 4.69) is 16.8 Å². The van der Waals surface area contributed by atoms with Gasteiger partial charge in [0.15, 0.2) is 0 Å². The number of carbonyl (C=O) groups is 1. The SMILES string of the molecule is CSc1ccccc1C(=O)N1CC[C@@H]2CCN(C)C[C@H]21. The first-order chi connectivity index (χ1) is 9.70. The Morgan fingerprint density at radius 3 is 2.80 bits per heavy atom. The predicted molar refractivity (Wildman–Crippen MR) is 83.3 cm³/mol. The molecule has 2 atom stereocenters. The average Bonchev–Trinajstić information content (AvgIpc) is 2.89. The number of likely N-dealkylation sites (tertiary alicyclic amines) is 2. The number of nitrogens with zero attached hydrogens (tertiary/aromatic N) is 2. The van der Waals surface area contributed by atoms with Crippen LogP contribution in [-0.2, 0) is 0 Å². The number of piperidine rings is 1. The standard InChI is InChI=1S/C16H22N2OS/c1-17-9-7-12-8-10-18(14(12)11-17)16(19)13-5-3-4-6-15(13)20-2/h3-6,12,14H,7-11H2,1-2H3/t12-,14+/m0/s1. The van der Waals surface area contributed by atoms with Crippen molar-refractivity contribution in [3.8, 4) is 0 Å². The molecule has 108 valence electrons. The van der Waals surface area contributed by atoms with Gasteiger partial charge in [-0.3, -0.25) is 4.79 Å². The van der Waals surface area contributed by atoms with Crippen LogP contribution in [0.4, 0.5) is 0 Å². The summed E-state index contributed by atoms with van der Waals surface area (Å²) in [6.45, 7) is 3.12. The van der Waals surface area contributed by atoms with Crippen LogP contribution in [0.2, 0.25) is 0 Å². The lowest BCUT2D eigenvalue weighted by molar-refractivity contribution is 0.0628. The third-order valence-corrected chi connectivity index (χ3v) is 5.46. The molecule has 1 aromatic rings. The Labute approximate surface area is 125 Å². The minimum Gasteiger partial charge on any atom is -0.334 e. The molecule has 0 aromatic heterocycles. The van der Waals surface area contributed by atoms with Crippen molar-refractivity contribution in [1.29, 1.82) is 0 Å². The van der Waals surface area contributed by atoms with Gasteiger partial charge in [-0.05, 0) is 50.7 Å². The Balaban J connectivity index is 1.83. The Hall–Kier alpha value is -1.00. The van der Waals surface area contributed by atoms with E-state index in [1.54, 1.807) is 11.8 Å². The van der Waals surface area contributed by atoms with Gasteiger partial charge in [0.2, 0.25) is 0 Å². The van der Waals surface area contributed by atoms with Crippen LogP contribution in [0.5, 0.6) is 0 Å². The van der Waals surface area contributed by atoms with Gasteiger partial charge < -0.3 is 9.80 Å². The minimum absolute atomic E-state index is 0.220. The highest BCUT2D eigenvalue weighted by molar-refractivity contribution is 7.98. The van der Waals surface area contributed by atoms with Crippen molar-refractivity contribution in [3.05, 3.63) is 29.8 Å². The maximum atomic E-state index is 12.9. The monoisotopic (exact) mass is 290 g/mol. The molecule has 3 rings (SSSR count). The summed E-state index contributed by atoms with van der Waals surface area (Å²) in [5.74, 6) is 0.925. The van der Waals surface area contributed by atoms with Gasteiger partial charge in [0.25, 0.3) is 5.91 Å². The van der Waals surface area contributed by atoms with E-state index in [0.29, 0.717) is 12.0 Å². The third-order valence-electron chi connectivity index (χ3n) is 4.66. The molecule has 1 aromatic carbocycles. The molecule has 2 aliphatic rings. The molecule has 0 radical (unpaired) electrons. The maximum Gasteiger partial charge on any atom is 0.255 e. The second-order valence-electron chi connectivity index (χ2n) is 5.87. The largest absolute Gasteiger partial charge is 0.334 e. The average molecular weight is 290 g/mol. The maximum absolute atomic E-state index is 12.9. The lowest BCUT2D eigenvalue weighted by Crippen LogP contribution is -2.48. The summed E-state index contributed by atoms with van der Waals surface area (Å²) >= 11 is 1.65. The number of fused-ring (bicyclic) bond motifs is 1. The smallest absolute Gasteiger partial charge is 0.255 e. The van der Waals surface area contributed by atoms with Crippen molar-refractivity contribution in [1.82, 2.24) is 9.80 Å². The fraction of sp³-hybridized carbons (Fsp3) is 0.562. The molecule has 2 fully saturated rings. The molecule has 1 amide bonds. The number of rotatable bonds is 2. The Morgan fingerprint density at radius 1 is 1.25 bits per heavy atom. The Kier molecular flexibility index (Phi) is 4.03. The molecule has 0 N–H and O–H groups in total. The molecule has 0 bridgehead atoms. The van der Waals surface area contributed by atoms with Crippen molar-refractivity contribution >= 4 is 17.7 Å². The number of hydrogen-bond donors (Lipinski definition) is 0. The number of thioether (sulfide) groups is 1. The van der Waals surface area contributed by atoms with Gasteiger partial charge in [-0.2, -0.15) is 0 Å². The first-order valence-electron chi connectivity index (χ1n) is 7.33. The molecule has 2 saturated heterocycles. The molecule has 0 spiro atoms. The van der Waals surface area contributed by atoms with E-state index in [0.717, 1.165) is 23.5 Å². The van der Waals surface area contributed by atoms with E-state index in [9.17, 15) is 4.79 Å². The fourth-order valence-electron chi connectivity index (χ4n) is 3.53. The molecule has 0 aliphatic carbocycles. The number of hydrogen-bond acceptors (Lipinski definition) is 3. The lowest BCUT2D eigenvalue weighted by Gasteiger charge is -2.36. The lowest BCUT2D eigenvalue weighted by atomic mass is 9.92. The highest BCUT2D eigenvalue weighted by atomic mass is 32.2. The van der Waals surface area contributed by atoms with Crippen LogP contribution < -0.4 is 0 Å². The Morgan fingerprint density at radius 2 is 2.00 bits per heavy atom. The van der Waals surface area contributed by atoms with Crippen molar-refractivity contribution in [2.24, 2.45) is 5.92 Å². The van der Waals surface area contributed by atoms with E-state index in [-0.39, 0.29) is 5.91 Å². The van der Waals surface area contributed by atoms with Crippen LogP contribution >= 0.6 is 11.8 Å². The van der Waals surface area contributed by atoms with Crippen molar-refractivity contribution in [2.75, 3.05) is 32.9 Å². The summed E-state index contributed by atoms with van der Waals surface area (Å²) in [6, 6.07) is 8.39. The van der Waals surface area contributed by atoms with Gasteiger partial charge in [-0.15, -0.1) is 11.8 Å². The van der Waals surface area contributed by atoms with Crippen LogP contribution in [-0.4, -0.2) is 54.7 Å². The summed E-state index contributed by atoms with van der Waals surface area (Å²) in [7, 11) is 2.16. The zero-order chi connectivity index (χ0) is 14.1. The van der Waals surface area contributed by atoms with Crippen molar-refractivity contribution in [2.45, 2.75) is 23.8 Å².